The number of aromatic amines is 1. The Balaban J connectivity index is 1.63. The van der Waals surface area contributed by atoms with Crippen molar-refractivity contribution in [3.63, 3.8) is 0 Å². The topological polar surface area (TPSA) is 83.8 Å². The summed E-state index contributed by atoms with van der Waals surface area (Å²) in [5.41, 5.74) is 2.66. The quantitative estimate of drug-likeness (QED) is 0.618. The SMILES string of the molecule is Cc1cc(NC(=O)[C@H](C)Sc2ncc(-c3ccc(Br)cc3)[nH]2)on1. The Kier molecular flexibility index (Phi) is 5.06. The van der Waals surface area contributed by atoms with E-state index in [-0.39, 0.29) is 11.2 Å². The molecule has 2 N–H and O–H groups in total. The molecular formula is C16H15BrN4O2S. The van der Waals surface area contributed by atoms with E-state index in [0.717, 1.165) is 21.4 Å². The smallest absolute Gasteiger partial charge is 0.240 e. The molecule has 0 saturated carbocycles. The molecule has 0 aliphatic rings. The third-order valence-corrected chi connectivity index (χ3v) is 4.77. The number of H-pyrrole nitrogens is 1. The van der Waals surface area contributed by atoms with E-state index in [1.54, 1.807) is 19.2 Å². The van der Waals surface area contributed by atoms with Crippen molar-refractivity contribution in [1.82, 2.24) is 15.1 Å². The Morgan fingerprint density at radius 2 is 2.12 bits per heavy atom. The predicted molar refractivity (Wildman–Crippen MR) is 96.9 cm³/mol. The monoisotopic (exact) mass is 406 g/mol. The van der Waals surface area contributed by atoms with Gasteiger partial charge in [0.1, 0.15) is 0 Å². The first-order valence-corrected chi connectivity index (χ1v) is 8.90. The van der Waals surface area contributed by atoms with Gasteiger partial charge in [-0.2, -0.15) is 0 Å². The lowest BCUT2D eigenvalue weighted by Gasteiger charge is -2.08. The van der Waals surface area contributed by atoms with Gasteiger partial charge in [-0.3, -0.25) is 10.1 Å². The van der Waals surface area contributed by atoms with Crippen molar-refractivity contribution >= 4 is 39.5 Å². The van der Waals surface area contributed by atoms with Crippen LogP contribution in [0, 0.1) is 6.92 Å². The molecule has 124 valence electrons. The molecule has 0 fully saturated rings. The Hall–Kier alpha value is -2.06. The summed E-state index contributed by atoms with van der Waals surface area (Å²) in [4.78, 5) is 19.7. The fourth-order valence-corrected chi connectivity index (χ4v) is 3.05. The van der Waals surface area contributed by atoms with Crippen molar-refractivity contribution in [2.75, 3.05) is 5.32 Å². The van der Waals surface area contributed by atoms with Crippen molar-refractivity contribution in [1.29, 1.82) is 0 Å². The molecule has 0 spiro atoms. The standard InChI is InChI=1S/C16H15BrN4O2S/c1-9-7-14(23-21-9)20-15(22)10(2)24-16-18-8-13(19-16)11-3-5-12(17)6-4-11/h3-8,10H,1-2H3,(H,18,19)(H,20,22)/t10-/m0/s1. The number of carbonyl (C=O) groups excluding carboxylic acids is 1. The highest BCUT2D eigenvalue weighted by molar-refractivity contribution is 9.10. The maximum absolute atomic E-state index is 12.2. The van der Waals surface area contributed by atoms with Crippen LogP contribution < -0.4 is 5.32 Å². The lowest BCUT2D eigenvalue weighted by molar-refractivity contribution is -0.115. The van der Waals surface area contributed by atoms with Crippen LogP contribution in [0.15, 0.2) is 50.7 Å². The van der Waals surface area contributed by atoms with E-state index >= 15 is 0 Å². The average Bonchev–Trinajstić information content (AvgIpc) is 3.17. The summed E-state index contributed by atoms with van der Waals surface area (Å²) >= 11 is 4.76. The largest absolute Gasteiger partial charge is 0.338 e. The van der Waals surface area contributed by atoms with Crippen LogP contribution in [-0.2, 0) is 4.79 Å². The van der Waals surface area contributed by atoms with E-state index in [4.69, 9.17) is 4.52 Å². The Morgan fingerprint density at radius 1 is 1.38 bits per heavy atom. The van der Waals surface area contributed by atoms with E-state index in [0.29, 0.717) is 11.0 Å². The molecule has 1 amide bonds. The fraction of sp³-hybridized carbons (Fsp3) is 0.188. The van der Waals surface area contributed by atoms with Crippen LogP contribution in [0.4, 0.5) is 5.88 Å². The lowest BCUT2D eigenvalue weighted by Crippen LogP contribution is -2.22. The summed E-state index contributed by atoms with van der Waals surface area (Å²) in [6.07, 6.45) is 1.76. The lowest BCUT2D eigenvalue weighted by atomic mass is 10.2. The molecule has 0 radical (unpaired) electrons. The van der Waals surface area contributed by atoms with Crippen molar-refractivity contribution in [3.05, 3.63) is 46.7 Å². The second kappa shape index (κ2) is 7.23. The van der Waals surface area contributed by atoms with Gasteiger partial charge in [0.05, 0.1) is 22.8 Å². The van der Waals surface area contributed by atoms with Gasteiger partial charge >= 0.3 is 0 Å². The number of carbonyl (C=O) groups is 1. The number of aryl methyl sites for hydroxylation is 1. The van der Waals surface area contributed by atoms with Crippen LogP contribution in [-0.4, -0.2) is 26.3 Å². The maximum Gasteiger partial charge on any atom is 0.240 e. The Bertz CT molecular complexity index is 844. The fourth-order valence-electron chi connectivity index (χ4n) is 2.01. The van der Waals surface area contributed by atoms with Gasteiger partial charge in [0.2, 0.25) is 11.8 Å². The van der Waals surface area contributed by atoms with Gasteiger partial charge in [-0.05, 0) is 31.5 Å². The molecule has 1 atom stereocenters. The molecule has 6 nitrogen and oxygen atoms in total. The number of nitrogens with one attached hydrogen (secondary N) is 2. The van der Waals surface area contributed by atoms with Gasteiger partial charge in [-0.15, -0.1) is 0 Å². The van der Waals surface area contributed by atoms with Crippen molar-refractivity contribution in [3.8, 4) is 11.3 Å². The zero-order valence-corrected chi connectivity index (χ0v) is 15.4. The molecule has 0 unspecified atom stereocenters. The van der Waals surface area contributed by atoms with Gasteiger partial charge < -0.3 is 9.51 Å². The second-order valence-corrected chi connectivity index (χ2v) is 7.44. The number of rotatable bonds is 5. The number of nitrogens with zero attached hydrogens (tertiary/aromatic N) is 2. The molecule has 1 aromatic carbocycles. The van der Waals surface area contributed by atoms with Crippen molar-refractivity contribution in [2.24, 2.45) is 0 Å². The molecule has 3 aromatic rings. The predicted octanol–water partition coefficient (Wildman–Crippen LogP) is 4.25. The summed E-state index contributed by atoms with van der Waals surface area (Å²) in [5, 5.41) is 6.78. The highest BCUT2D eigenvalue weighted by atomic mass is 79.9. The molecule has 3 rings (SSSR count). The number of imidazole rings is 1. The Labute approximate surface area is 151 Å². The average molecular weight is 407 g/mol. The van der Waals surface area contributed by atoms with Gasteiger partial charge in [0.25, 0.3) is 0 Å². The van der Waals surface area contributed by atoms with Gasteiger partial charge in [0.15, 0.2) is 5.16 Å². The normalized spacial score (nSPS) is 12.1. The molecule has 0 saturated heterocycles. The molecule has 8 heteroatoms. The third kappa shape index (κ3) is 4.07. The van der Waals surface area contributed by atoms with Crippen molar-refractivity contribution < 1.29 is 9.32 Å². The van der Waals surface area contributed by atoms with E-state index in [9.17, 15) is 4.79 Å². The van der Waals surface area contributed by atoms with E-state index in [1.165, 1.54) is 11.8 Å². The minimum absolute atomic E-state index is 0.169. The van der Waals surface area contributed by atoms with Crippen LogP contribution >= 0.6 is 27.7 Å². The number of thioether (sulfide) groups is 1. The summed E-state index contributed by atoms with van der Waals surface area (Å²) in [7, 11) is 0. The van der Waals surface area contributed by atoms with Crippen LogP contribution in [0.25, 0.3) is 11.3 Å². The summed E-state index contributed by atoms with van der Waals surface area (Å²) in [6.45, 7) is 3.61. The maximum atomic E-state index is 12.2. The third-order valence-electron chi connectivity index (χ3n) is 3.24. The van der Waals surface area contributed by atoms with Gasteiger partial charge in [0, 0.05) is 10.5 Å². The van der Waals surface area contributed by atoms with Crippen LogP contribution in [0.2, 0.25) is 0 Å². The second-order valence-electron chi connectivity index (χ2n) is 5.19. The van der Waals surface area contributed by atoms with E-state index in [2.05, 4.69) is 36.4 Å². The first-order valence-electron chi connectivity index (χ1n) is 7.23. The van der Waals surface area contributed by atoms with E-state index < -0.39 is 0 Å². The van der Waals surface area contributed by atoms with Gasteiger partial charge in [-0.1, -0.05) is 45.0 Å². The number of halogens is 1. The highest BCUT2D eigenvalue weighted by Gasteiger charge is 2.18. The first-order chi connectivity index (χ1) is 11.5. The number of amides is 1. The molecule has 0 aliphatic heterocycles. The minimum Gasteiger partial charge on any atom is -0.338 e. The number of anilines is 1. The minimum atomic E-state index is -0.334. The number of hydrogen-bond donors (Lipinski definition) is 2. The molecule has 2 heterocycles. The first kappa shape index (κ1) is 16.8. The molecule has 2 aromatic heterocycles. The number of hydrogen-bond acceptors (Lipinski definition) is 5. The summed E-state index contributed by atoms with van der Waals surface area (Å²) < 4.78 is 6.01. The summed E-state index contributed by atoms with van der Waals surface area (Å²) in [5.74, 6) is 0.178. The molecule has 0 bridgehead atoms. The van der Waals surface area contributed by atoms with Crippen LogP contribution in [0.3, 0.4) is 0 Å². The van der Waals surface area contributed by atoms with Crippen molar-refractivity contribution in [2.45, 2.75) is 24.3 Å². The zero-order chi connectivity index (χ0) is 17.1. The Morgan fingerprint density at radius 3 is 2.79 bits per heavy atom. The molecule has 24 heavy (non-hydrogen) atoms. The van der Waals surface area contributed by atoms with E-state index in [1.807, 2.05) is 31.2 Å². The number of benzene rings is 1. The van der Waals surface area contributed by atoms with Crippen LogP contribution in [0.1, 0.15) is 12.6 Å². The zero-order valence-electron chi connectivity index (χ0n) is 13.0. The van der Waals surface area contributed by atoms with Crippen LogP contribution in [0.5, 0.6) is 0 Å². The highest BCUT2D eigenvalue weighted by Crippen LogP contribution is 2.26. The molecular weight excluding hydrogens is 392 g/mol. The summed E-state index contributed by atoms with van der Waals surface area (Å²) in [6, 6.07) is 9.60. The number of aromatic nitrogens is 3. The van der Waals surface area contributed by atoms with Gasteiger partial charge in [-0.25, -0.2) is 4.98 Å². The molecule has 0 aliphatic carbocycles.